The van der Waals surface area contributed by atoms with Gasteiger partial charge < -0.3 is 5.73 Å². The third kappa shape index (κ3) is 4.17. The first-order valence-electron chi connectivity index (χ1n) is 7.89. The molecule has 0 aromatic heterocycles. The summed E-state index contributed by atoms with van der Waals surface area (Å²) in [6.45, 7) is 4.54. The summed E-state index contributed by atoms with van der Waals surface area (Å²) in [6.07, 6.45) is 4.81. The Morgan fingerprint density at radius 1 is 1.15 bits per heavy atom. The third-order valence-corrected chi connectivity index (χ3v) is 4.56. The average molecular weight is 273 g/mol. The lowest BCUT2D eigenvalue weighted by Crippen LogP contribution is -2.26. The van der Waals surface area contributed by atoms with Crippen molar-refractivity contribution in [2.45, 2.75) is 52.0 Å². The smallest absolute Gasteiger partial charge is 0.136 e. The maximum Gasteiger partial charge on any atom is 0.136 e. The molecule has 2 rings (SSSR count). The molecule has 2 heteroatoms. The van der Waals surface area contributed by atoms with Crippen LogP contribution in [-0.4, -0.2) is 5.78 Å². The maximum absolute atomic E-state index is 12.4. The average Bonchev–Trinajstić information content (AvgIpc) is 2.44. The Bertz CT molecular complexity index is 418. The number of rotatable bonds is 5. The van der Waals surface area contributed by atoms with Crippen LogP contribution in [0.4, 0.5) is 0 Å². The molecule has 0 radical (unpaired) electrons. The van der Waals surface area contributed by atoms with Crippen LogP contribution in [0.25, 0.3) is 0 Å². The molecule has 1 fully saturated rings. The van der Waals surface area contributed by atoms with Gasteiger partial charge in [0.05, 0.1) is 0 Å². The molecule has 20 heavy (non-hydrogen) atoms. The van der Waals surface area contributed by atoms with Crippen molar-refractivity contribution in [1.82, 2.24) is 0 Å². The monoisotopic (exact) mass is 273 g/mol. The molecule has 0 bridgehead atoms. The van der Waals surface area contributed by atoms with E-state index in [2.05, 4.69) is 13.8 Å². The van der Waals surface area contributed by atoms with Gasteiger partial charge in [-0.25, -0.2) is 0 Å². The van der Waals surface area contributed by atoms with Crippen LogP contribution in [0.5, 0.6) is 0 Å². The van der Waals surface area contributed by atoms with Gasteiger partial charge in [-0.1, -0.05) is 44.2 Å². The zero-order valence-corrected chi connectivity index (χ0v) is 12.7. The van der Waals surface area contributed by atoms with Gasteiger partial charge in [-0.2, -0.15) is 0 Å². The minimum absolute atomic E-state index is 0.0152. The van der Waals surface area contributed by atoms with Gasteiger partial charge in [-0.3, -0.25) is 4.79 Å². The molecule has 1 aromatic rings. The molecule has 2 N–H and O–H groups in total. The highest BCUT2D eigenvalue weighted by atomic mass is 16.1. The molecule has 1 aliphatic carbocycles. The lowest BCUT2D eigenvalue weighted by Gasteiger charge is -2.30. The van der Waals surface area contributed by atoms with Gasteiger partial charge in [0.1, 0.15) is 5.78 Å². The van der Waals surface area contributed by atoms with E-state index in [-0.39, 0.29) is 12.0 Å². The van der Waals surface area contributed by atoms with Crippen LogP contribution in [0.2, 0.25) is 0 Å². The summed E-state index contributed by atoms with van der Waals surface area (Å²) in [5.74, 6) is 2.08. The topological polar surface area (TPSA) is 43.1 Å². The summed E-state index contributed by atoms with van der Waals surface area (Å²) in [5, 5.41) is 0. The molecule has 3 atom stereocenters. The second-order valence-corrected chi connectivity index (χ2v) is 6.64. The molecule has 0 heterocycles. The molecule has 110 valence electrons. The zero-order valence-electron chi connectivity index (χ0n) is 12.7. The highest BCUT2D eigenvalue weighted by Crippen LogP contribution is 2.34. The zero-order chi connectivity index (χ0) is 14.5. The molecular weight excluding hydrogens is 246 g/mol. The maximum atomic E-state index is 12.4. The predicted octanol–water partition coefficient (Wildman–Crippen LogP) is 4.11. The van der Waals surface area contributed by atoms with Gasteiger partial charge in [-0.15, -0.1) is 0 Å². The van der Waals surface area contributed by atoms with Gasteiger partial charge in [-0.05, 0) is 43.1 Å². The first kappa shape index (κ1) is 15.2. The van der Waals surface area contributed by atoms with Crippen LogP contribution in [0.15, 0.2) is 30.3 Å². The van der Waals surface area contributed by atoms with Crippen molar-refractivity contribution in [3.63, 3.8) is 0 Å². The van der Waals surface area contributed by atoms with Crippen molar-refractivity contribution >= 4 is 5.78 Å². The Morgan fingerprint density at radius 2 is 1.75 bits per heavy atom. The van der Waals surface area contributed by atoms with E-state index in [4.69, 9.17) is 5.73 Å². The predicted molar refractivity (Wildman–Crippen MR) is 83.3 cm³/mol. The van der Waals surface area contributed by atoms with Crippen LogP contribution in [0, 0.1) is 17.8 Å². The summed E-state index contributed by atoms with van der Waals surface area (Å²) in [4.78, 5) is 12.4. The Hall–Kier alpha value is -1.15. The Kier molecular flexibility index (Phi) is 5.36. The van der Waals surface area contributed by atoms with Crippen LogP contribution in [-0.2, 0) is 4.79 Å². The minimum Gasteiger partial charge on any atom is -0.324 e. The van der Waals surface area contributed by atoms with Crippen LogP contribution in [0.1, 0.15) is 57.6 Å². The van der Waals surface area contributed by atoms with Crippen LogP contribution in [0.3, 0.4) is 0 Å². The fraction of sp³-hybridized carbons (Fsp3) is 0.611. The van der Waals surface area contributed by atoms with Crippen molar-refractivity contribution < 1.29 is 4.79 Å². The van der Waals surface area contributed by atoms with Gasteiger partial charge in [0.2, 0.25) is 0 Å². The number of carbonyl (C=O) groups is 1. The summed E-state index contributed by atoms with van der Waals surface area (Å²) in [7, 11) is 0. The summed E-state index contributed by atoms with van der Waals surface area (Å²) < 4.78 is 0. The molecule has 3 unspecified atom stereocenters. The van der Waals surface area contributed by atoms with Crippen molar-refractivity contribution in [2.24, 2.45) is 23.5 Å². The van der Waals surface area contributed by atoms with E-state index < -0.39 is 0 Å². The highest BCUT2D eigenvalue weighted by molar-refractivity contribution is 5.81. The molecule has 1 saturated carbocycles. The molecular formula is C18H27NO. The summed E-state index contributed by atoms with van der Waals surface area (Å²) in [5.41, 5.74) is 7.31. The standard InChI is InChI=1S/C18H27NO/c1-13-10-14(2)12-16(11-13)18(20)9-8-17(19)15-6-4-3-5-7-15/h3-7,13-14,16-17H,8-12,19H2,1-2H3. The third-order valence-electron chi connectivity index (χ3n) is 4.56. The van der Waals surface area contributed by atoms with E-state index in [0.29, 0.717) is 24.0 Å². The molecule has 2 nitrogen and oxygen atoms in total. The van der Waals surface area contributed by atoms with E-state index in [9.17, 15) is 4.79 Å². The van der Waals surface area contributed by atoms with E-state index in [1.54, 1.807) is 0 Å². The minimum atomic E-state index is -0.0152. The fourth-order valence-corrected chi connectivity index (χ4v) is 3.58. The largest absolute Gasteiger partial charge is 0.324 e. The number of hydrogen-bond acceptors (Lipinski definition) is 2. The quantitative estimate of drug-likeness (QED) is 0.877. The van der Waals surface area contributed by atoms with E-state index in [1.165, 1.54) is 6.42 Å². The van der Waals surface area contributed by atoms with Gasteiger partial charge in [0, 0.05) is 18.4 Å². The van der Waals surface area contributed by atoms with Gasteiger partial charge >= 0.3 is 0 Å². The summed E-state index contributed by atoms with van der Waals surface area (Å²) >= 11 is 0. The molecule has 1 aromatic carbocycles. The number of nitrogens with two attached hydrogens (primary N) is 1. The van der Waals surface area contributed by atoms with Crippen molar-refractivity contribution in [3.05, 3.63) is 35.9 Å². The highest BCUT2D eigenvalue weighted by Gasteiger charge is 2.28. The number of hydrogen-bond donors (Lipinski definition) is 1. The molecule has 1 aliphatic rings. The van der Waals surface area contributed by atoms with Crippen molar-refractivity contribution in [1.29, 1.82) is 0 Å². The molecule has 0 saturated heterocycles. The Labute approximate surface area is 122 Å². The van der Waals surface area contributed by atoms with E-state index in [1.807, 2.05) is 30.3 Å². The van der Waals surface area contributed by atoms with Crippen molar-refractivity contribution in [3.8, 4) is 0 Å². The first-order chi connectivity index (χ1) is 9.56. The number of Topliss-reactive ketones (excluding diaryl/α,β-unsaturated/α-hetero) is 1. The van der Waals surface area contributed by atoms with Crippen LogP contribution < -0.4 is 5.73 Å². The summed E-state index contributed by atoms with van der Waals surface area (Å²) in [6, 6.07) is 10.1. The SMILES string of the molecule is CC1CC(C)CC(C(=O)CCC(N)c2ccccc2)C1. The second kappa shape index (κ2) is 7.03. The van der Waals surface area contributed by atoms with Gasteiger partial charge in [0.25, 0.3) is 0 Å². The number of ketones is 1. The molecule has 0 aliphatic heterocycles. The Balaban J connectivity index is 1.83. The fourth-order valence-electron chi connectivity index (χ4n) is 3.58. The molecule has 0 spiro atoms. The Morgan fingerprint density at radius 3 is 2.35 bits per heavy atom. The number of benzene rings is 1. The van der Waals surface area contributed by atoms with E-state index >= 15 is 0 Å². The lowest BCUT2D eigenvalue weighted by atomic mass is 9.74. The first-order valence-corrected chi connectivity index (χ1v) is 7.89. The van der Waals surface area contributed by atoms with Crippen molar-refractivity contribution in [2.75, 3.05) is 0 Å². The second-order valence-electron chi connectivity index (χ2n) is 6.64. The molecule has 0 amide bonds. The normalized spacial score (nSPS) is 28.1. The lowest BCUT2D eigenvalue weighted by molar-refractivity contribution is -0.125. The number of carbonyl (C=O) groups excluding carboxylic acids is 1. The van der Waals surface area contributed by atoms with E-state index in [0.717, 1.165) is 24.8 Å². The van der Waals surface area contributed by atoms with Crippen LogP contribution >= 0.6 is 0 Å². The van der Waals surface area contributed by atoms with Gasteiger partial charge in [0.15, 0.2) is 0 Å².